The van der Waals surface area contributed by atoms with Crippen molar-refractivity contribution in [2.75, 3.05) is 11.9 Å². The minimum Gasteiger partial charge on any atom is -0.378 e. The van der Waals surface area contributed by atoms with E-state index in [0.717, 1.165) is 47.5 Å². The van der Waals surface area contributed by atoms with E-state index in [-0.39, 0.29) is 11.4 Å². The fourth-order valence-electron chi connectivity index (χ4n) is 3.91. The second-order valence-corrected chi connectivity index (χ2v) is 8.59. The van der Waals surface area contributed by atoms with Crippen molar-refractivity contribution in [2.45, 2.75) is 26.1 Å². The summed E-state index contributed by atoms with van der Waals surface area (Å²) in [6, 6.07) is 16.6. The second-order valence-electron chi connectivity index (χ2n) is 7.50. The monoisotopic (exact) mass is 420 g/mol. The van der Waals surface area contributed by atoms with Crippen LogP contribution in [0.25, 0.3) is 10.2 Å². The highest BCUT2D eigenvalue weighted by Crippen LogP contribution is 2.32. The first kappa shape index (κ1) is 19.0. The van der Waals surface area contributed by atoms with Gasteiger partial charge in [0.15, 0.2) is 0 Å². The third-order valence-corrected chi connectivity index (χ3v) is 6.50. The van der Waals surface area contributed by atoms with Crippen LogP contribution in [0.1, 0.15) is 21.8 Å². The molecule has 0 spiro atoms. The molecule has 0 aliphatic carbocycles. The predicted molar refractivity (Wildman–Crippen MR) is 118 cm³/mol. The van der Waals surface area contributed by atoms with Crippen LogP contribution in [0.3, 0.4) is 0 Å². The van der Waals surface area contributed by atoms with Gasteiger partial charge < -0.3 is 10.3 Å². The van der Waals surface area contributed by atoms with Gasteiger partial charge in [0.25, 0.3) is 5.56 Å². The number of benzene rings is 2. The van der Waals surface area contributed by atoms with Crippen molar-refractivity contribution in [3.63, 3.8) is 0 Å². The molecular formula is C23H21FN4OS. The average molecular weight is 421 g/mol. The summed E-state index contributed by atoms with van der Waals surface area (Å²) in [5.74, 6) is 0.301. The third kappa shape index (κ3) is 3.86. The third-order valence-electron chi connectivity index (χ3n) is 5.39. The van der Waals surface area contributed by atoms with Crippen LogP contribution in [0.4, 0.5) is 10.1 Å². The van der Waals surface area contributed by atoms with E-state index in [1.54, 1.807) is 23.5 Å². The Bertz CT molecular complexity index is 1230. The van der Waals surface area contributed by atoms with E-state index in [4.69, 9.17) is 4.98 Å². The maximum atomic E-state index is 13.0. The van der Waals surface area contributed by atoms with Crippen molar-refractivity contribution in [3.8, 4) is 0 Å². The maximum Gasteiger partial charge on any atom is 0.259 e. The van der Waals surface area contributed by atoms with E-state index in [9.17, 15) is 9.18 Å². The molecule has 2 N–H and O–H groups in total. The lowest BCUT2D eigenvalue weighted by atomic mass is 10.0. The fraction of sp³-hybridized carbons (Fsp3) is 0.217. The molecule has 0 unspecified atom stereocenters. The molecule has 2 aromatic heterocycles. The molecule has 1 aliphatic rings. The molecule has 0 fully saturated rings. The van der Waals surface area contributed by atoms with Gasteiger partial charge in [-0.15, -0.1) is 11.3 Å². The molecular weight excluding hydrogens is 399 g/mol. The van der Waals surface area contributed by atoms with Gasteiger partial charge in [-0.3, -0.25) is 9.69 Å². The smallest absolute Gasteiger partial charge is 0.259 e. The number of nitrogens with one attached hydrogen (secondary N) is 2. The average Bonchev–Trinajstić information content (AvgIpc) is 3.12. The number of halogens is 1. The first-order valence-electron chi connectivity index (χ1n) is 9.95. The number of H-pyrrole nitrogens is 1. The van der Waals surface area contributed by atoms with Crippen LogP contribution in [0, 0.1) is 5.82 Å². The summed E-state index contributed by atoms with van der Waals surface area (Å²) in [7, 11) is 0. The first-order valence-corrected chi connectivity index (χ1v) is 10.8. The quantitative estimate of drug-likeness (QED) is 0.506. The number of fused-ring (bicyclic) bond motifs is 3. The van der Waals surface area contributed by atoms with Gasteiger partial charge >= 0.3 is 0 Å². The van der Waals surface area contributed by atoms with E-state index in [0.29, 0.717) is 12.4 Å². The molecule has 152 valence electrons. The Morgan fingerprint density at radius 3 is 2.73 bits per heavy atom. The molecule has 0 radical (unpaired) electrons. The summed E-state index contributed by atoms with van der Waals surface area (Å²) >= 11 is 1.62. The summed E-state index contributed by atoms with van der Waals surface area (Å²) in [6.45, 7) is 3.06. The van der Waals surface area contributed by atoms with E-state index >= 15 is 0 Å². The summed E-state index contributed by atoms with van der Waals surface area (Å²) in [5, 5.41) is 3.91. The van der Waals surface area contributed by atoms with E-state index in [1.165, 1.54) is 22.6 Å². The summed E-state index contributed by atoms with van der Waals surface area (Å²) < 4.78 is 13.0. The first-order chi connectivity index (χ1) is 14.7. The lowest BCUT2D eigenvalue weighted by Gasteiger charge is -2.26. The lowest BCUT2D eigenvalue weighted by Crippen LogP contribution is -2.29. The normalized spacial score (nSPS) is 14.0. The highest BCUT2D eigenvalue weighted by Gasteiger charge is 2.23. The van der Waals surface area contributed by atoms with Gasteiger partial charge in [-0.05, 0) is 41.8 Å². The number of hydrogen-bond donors (Lipinski definition) is 2. The SMILES string of the molecule is O=c1[nH]c(CNc2ccc(F)cc2)nc2sc3c(c12)CCN(Cc1ccccc1)C3. The van der Waals surface area contributed by atoms with Crippen molar-refractivity contribution in [3.05, 3.63) is 92.6 Å². The van der Waals surface area contributed by atoms with Crippen LogP contribution in [-0.4, -0.2) is 21.4 Å². The molecule has 5 nitrogen and oxygen atoms in total. The molecule has 1 aliphatic heterocycles. The molecule has 4 aromatic rings. The van der Waals surface area contributed by atoms with Gasteiger partial charge in [0, 0.05) is 30.2 Å². The molecule has 3 heterocycles. The van der Waals surface area contributed by atoms with Crippen molar-refractivity contribution in [1.82, 2.24) is 14.9 Å². The zero-order chi connectivity index (χ0) is 20.5. The molecule has 5 rings (SSSR count). The molecule has 0 saturated carbocycles. The van der Waals surface area contributed by atoms with Crippen LogP contribution in [0.15, 0.2) is 59.4 Å². The zero-order valence-corrected chi connectivity index (χ0v) is 17.1. The summed E-state index contributed by atoms with van der Waals surface area (Å²) in [6.07, 6.45) is 0.861. The lowest BCUT2D eigenvalue weighted by molar-refractivity contribution is 0.249. The highest BCUT2D eigenvalue weighted by molar-refractivity contribution is 7.18. The standard InChI is InChI=1S/C23H21FN4OS/c24-16-6-8-17(9-7-16)25-12-20-26-22(29)21-18-10-11-28(13-15-4-2-1-3-5-15)14-19(18)30-23(21)27-20/h1-9,25H,10-14H2,(H,26,27,29). The molecule has 0 saturated heterocycles. The van der Waals surface area contributed by atoms with Crippen molar-refractivity contribution in [2.24, 2.45) is 0 Å². The van der Waals surface area contributed by atoms with Crippen LogP contribution >= 0.6 is 11.3 Å². The molecule has 0 atom stereocenters. The Hall–Kier alpha value is -3.03. The summed E-state index contributed by atoms with van der Waals surface area (Å²) in [5.41, 5.74) is 3.14. The van der Waals surface area contributed by atoms with Crippen LogP contribution in [-0.2, 0) is 26.1 Å². The number of rotatable bonds is 5. The number of aromatic nitrogens is 2. The van der Waals surface area contributed by atoms with Gasteiger partial charge in [-0.25, -0.2) is 9.37 Å². The Kier molecular flexibility index (Phi) is 5.06. The molecule has 0 amide bonds. The number of hydrogen-bond acceptors (Lipinski definition) is 5. The number of thiophene rings is 1. The van der Waals surface area contributed by atoms with E-state index < -0.39 is 0 Å². The van der Waals surface area contributed by atoms with Gasteiger partial charge in [0.2, 0.25) is 0 Å². The van der Waals surface area contributed by atoms with Crippen LogP contribution in [0.5, 0.6) is 0 Å². The van der Waals surface area contributed by atoms with Gasteiger partial charge in [0.05, 0.1) is 11.9 Å². The van der Waals surface area contributed by atoms with Crippen molar-refractivity contribution in [1.29, 1.82) is 0 Å². The number of aromatic amines is 1. The minimum atomic E-state index is -0.279. The van der Waals surface area contributed by atoms with Crippen LogP contribution < -0.4 is 10.9 Å². The minimum absolute atomic E-state index is 0.0788. The molecule has 0 bridgehead atoms. The van der Waals surface area contributed by atoms with Gasteiger partial charge in [-0.2, -0.15) is 0 Å². The summed E-state index contributed by atoms with van der Waals surface area (Å²) in [4.78, 5) is 24.8. The molecule has 2 aromatic carbocycles. The fourth-order valence-corrected chi connectivity index (χ4v) is 5.19. The maximum absolute atomic E-state index is 13.0. The Balaban J connectivity index is 1.36. The topological polar surface area (TPSA) is 61.0 Å². The molecule has 30 heavy (non-hydrogen) atoms. The number of anilines is 1. The second kappa shape index (κ2) is 8.01. The van der Waals surface area contributed by atoms with Crippen LogP contribution in [0.2, 0.25) is 0 Å². The predicted octanol–water partition coefficient (Wildman–Crippen LogP) is 4.29. The Labute approximate surface area is 177 Å². The highest BCUT2D eigenvalue weighted by atomic mass is 32.1. The Morgan fingerprint density at radius 1 is 1.13 bits per heavy atom. The van der Waals surface area contributed by atoms with E-state index in [2.05, 4.69) is 39.5 Å². The Morgan fingerprint density at radius 2 is 1.93 bits per heavy atom. The van der Waals surface area contributed by atoms with E-state index in [1.807, 2.05) is 6.07 Å². The largest absolute Gasteiger partial charge is 0.378 e. The zero-order valence-electron chi connectivity index (χ0n) is 16.3. The van der Waals surface area contributed by atoms with Gasteiger partial charge in [0.1, 0.15) is 16.5 Å². The van der Waals surface area contributed by atoms with Gasteiger partial charge in [-0.1, -0.05) is 30.3 Å². The molecule has 7 heteroatoms. The number of nitrogens with zero attached hydrogens (tertiary/aromatic N) is 2. The van der Waals surface area contributed by atoms with Crippen molar-refractivity contribution >= 4 is 27.2 Å². The van der Waals surface area contributed by atoms with Crippen molar-refractivity contribution < 1.29 is 4.39 Å².